The molecule has 0 bridgehead atoms. The SMILES string of the molecule is COC(=O)[C@H](C)NP(=O)(Oc1ccc(C(F)(F)F)cc1)N1CCC(NC(=O)c2[nH]ncc2NC(=O)c2c(Cl)cccc2Cl)CC1. The van der Waals surface area contributed by atoms with E-state index in [4.69, 9.17) is 32.5 Å². The molecule has 1 aliphatic heterocycles. The van der Waals surface area contributed by atoms with Gasteiger partial charge >= 0.3 is 19.8 Å². The standard InChI is InChI=1S/C27H28Cl2F3N6O6P/c1-15(26(41)43-2)37-45(42,44-18-8-6-16(7-9-18)27(30,31)32)38-12-10-17(11-13-38)34-25(40)23-21(14-33-36-23)35-24(39)22-19(28)4-3-5-20(22)29/h3-9,14-15,17H,10-13H2,1-2H3,(H,33,36)(H,34,40)(H,35,39)(H,37,42)/t15-,45?/m0/s1. The molecule has 2 aromatic carbocycles. The van der Waals surface area contributed by atoms with E-state index < -0.39 is 49.3 Å². The molecule has 242 valence electrons. The number of hydrogen-bond donors (Lipinski definition) is 4. The van der Waals surface area contributed by atoms with E-state index in [9.17, 15) is 32.1 Å². The van der Waals surface area contributed by atoms with Gasteiger partial charge in [-0.15, -0.1) is 0 Å². The molecule has 0 saturated carbocycles. The van der Waals surface area contributed by atoms with E-state index in [0.717, 1.165) is 31.4 Å². The number of carbonyl (C=O) groups excluding carboxylic acids is 3. The molecule has 1 aliphatic rings. The molecule has 45 heavy (non-hydrogen) atoms. The first-order valence-electron chi connectivity index (χ1n) is 13.4. The van der Waals surface area contributed by atoms with Gasteiger partial charge in [0.05, 0.1) is 40.2 Å². The molecule has 2 atom stereocenters. The van der Waals surface area contributed by atoms with Crippen LogP contribution in [0.3, 0.4) is 0 Å². The summed E-state index contributed by atoms with van der Waals surface area (Å²) in [5.74, 6) is -2.06. The molecule has 2 amide bonds. The van der Waals surface area contributed by atoms with Crippen molar-refractivity contribution in [1.29, 1.82) is 0 Å². The topological polar surface area (TPSA) is 155 Å². The first-order valence-corrected chi connectivity index (χ1v) is 15.7. The van der Waals surface area contributed by atoms with Crippen LogP contribution in [-0.4, -0.2) is 64.9 Å². The number of esters is 1. The Kier molecular flexibility index (Phi) is 10.8. The van der Waals surface area contributed by atoms with Crippen molar-refractivity contribution >= 4 is 54.3 Å². The summed E-state index contributed by atoms with van der Waals surface area (Å²) in [5, 5.41) is 14.7. The maximum absolute atomic E-state index is 14.1. The Bertz CT molecular complexity index is 1580. The molecule has 4 N–H and O–H groups in total. The van der Waals surface area contributed by atoms with Crippen LogP contribution in [0.25, 0.3) is 0 Å². The number of aromatic nitrogens is 2. The van der Waals surface area contributed by atoms with Gasteiger partial charge < -0.3 is 19.9 Å². The maximum Gasteiger partial charge on any atom is 0.416 e. The molecule has 0 spiro atoms. The lowest BCUT2D eigenvalue weighted by Crippen LogP contribution is -2.47. The monoisotopic (exact) mass is 690 g/mol. The summed E-state index contributed by atoms with van der Waals surface area (Å²) in [4.78, 5) is 38.0. The fourth-order valence-corrected chi connectivity index (χ4v) is 7.13. The number of aromatic amines is 1. The summed E-state index contributed by atoms with van der Waals surface area (Å²) in [6.45, 7) is 1.63. The van der Waals surface area contributed by atoms with Crippen molar-refractivity contribution in [2.45, 2.75) is 38.0 Å². The number of carbonyl (C=O) groups is 3. The minimum atomic E-state index is -4.57. The molecule has 1 unspecified atom stereocenters. The van der Waals surface area contributed by atoms with Gasteiger partial charge in [0, 0.05) is 19.1 Å². The second-order valence-electron chi connectivity index (χ2n) is 9.92. The van der Waals surface area contributed by atoms with Crippen molar-refractivity contribution in [2.75, 3.05) is 25.5 Å². The predicted molar refractivity (Wildman–Crippen MR) is 159 cm³/mol. The van der Waals surface area contributed by atoms with Gasteiger partial charge in [-0.2, -0.15) is 18.3 Å². The quantitative estimate of drug-likeness (QED) is 0.159. The number of nitrogens with zero attached hydrogens (tertiary/aromatic N) is 2. The van der Waals surface area contributed by atoms with Gasteiger partial charge in [-0.25, -0.2) is 14.3 Å². The molecular weight excluding hydrogens is 663 g/mol. The summed E-state index contributed by atoms with van der Waals surface area (Å²) >= 11 is 12.2. The molecular formula is C27H28Cl2F3N6O6P. The molecule has 2 heterocycles. The van der Waals surface area contributed by atoms with Crippen LogP contribution in [-0.2, 0) is 20.3 Å². The third kappa shape index (κ3) is 8.35. The minimum Gasteiger partial charge on any atom is -0.468 e. The lowest BCUT2D eigenvalue weighted by molar-refractivity contribution is -0.142. The highest BCUT2D eigenvalue weighted by Gasteiger charge is 2.40. The molecule has 3 aromatic rings. The fourth-order valence-electron chi connectivity index (χ4n) is 4.47. The van der Waals surface area contributed by atoms with Crippen molar-refractivity contribution < 1.29 is 41.4 Å². The minimum absolute atomic E-state index is 0.0267. The first-order chi connectivity index (χ1) is 21.2. The van der Waals surface area contributed by atoms with Crippen molar-refractivity contribution in [2.24, 2.45) is 0 Å². The fraction of sp³-hybridized carbons (Fsp3) is 0.333. The Hall–Kier alpha value is -3.62. The predicted octanol–water partition coefficient (Wildman–Crippen LogP) is 5.52. The van der Waals surface area contributed by atoms with E-state index in [1.165, 1.54) is 29.9 Å². The van der Waals surface area contributed by atoms with Crippen molar-refractivity contribution in [3.05, 3.63) is 75.5 Å². The zero-order valence-electron chi connectivity index (χ0n) is 23.8. The van der Waals surface area contributed by atoms with Crippen molar-refractivity contribution in [3.63, 3.8) is 0 Å². The number of rotatable bonds is 10. The van der Waals surface area contributed by atoms with Crippen LogP contribution in [0.1, 0.15) is 46.2 Å². The highest BCUT2D eigenvalue weighted by molar-refractivity contribution is 7.54. The van der Waals surface area contributed by atoms with E-state index in [-0.39, 0.29) is 58.7 Å². The highest BCUT2D eigenvalue weighted by atomic mass is 35.5. The van der Waals surface area contributed by atoms with Crippen molar-refractivity contribution in [3.8, 4) is 5.75 Å². The summed E-state index contributed by atoms with van der Waals surface area (Å²) < 4.78 is 64.9. The third-order valence-electron chi connectivity index (χ3n) is 6.81. The van der Waals surface area contributed by atoms with Gasteiger partial charge in [0.15, 0.2) is 0 Å². The lowest BCUT2D eigenvalue weighted by Gasteiger charge is -2.37. The van der Waals surface area contributed by atoms with Gasteiger partial charge in [0.25, 0.3) is 11.8 Å². The molecule has 12 nitrogen and oxygen atoms in total. The number of ether oxygens (including phenoxy) is 1. The Morgan fingerprint density at radius 2 is 1.69 bits per heavy atom. The average molecular weight is 691 g/mol. The smallest absolute Gasteiger partial charge is 0.416 e. The highest BCUT2D eigenvalue weighted by Crippen LogP contribution is 2.49. The second-order valence-corrected chi connectivity index (χ2v) is 12.8. The van der Waals surface area contributed by atoms with Crippen LogP contribution < -0.4 is 20.2 Å². The molecule has 1 aromatic heterocycles. The van der Waals surface area contributed by atoms with Crippen LogP contribution in [0.2, 0.25) is 10.0 Å². The Morgan fingerprint density at radius 1 is 1.07 bits per heavy atom. The zero-order valence-corrected chi connectivity index (χ0v) is 26.2. The summed E-state index contributed by atoms with van der Waals surface area (Å²) in [5.41, 5.74) is -0.830. The van der Waals surface area contributed by atoms with E-state index in [1.807, 2.05) is 0 Å². The average Bonchev–Trinajstić information content (AvgIpc) is 3.45. The molecule has 0 aliphatic carbocycles. The van der Waals surface area contributed by atoms with E-state index in [1.54, 1.807) is 6.07 Å². The molecule has 1 fully saturated rings. The Morgan fingerprint density at radius 3 is 2.27 bits per heavy atom. The van der Waals surface area contributed by atoms with Crippen LogP contribution >= 0.6 is 30.9 Å². The number of hydrogen-bond acceptors (Lipinski definition) is 7. The number of methoxy groups -OCH3 is 1. The number of halogens is 5. The lowest BCUT2D eigenvalue weighted by atomic mass is 10.1. The maximum atomic E-state index is 14.1. The normalized spacial score (nSPS) is 16.3. The Labute approximate surface area is 265 Å². The molecule has 18 heteroatoms. The van der Waals surface area contributed by atoms with Gasteiger partial charge in [-0.1, -0.05) is 29.3 Å². The first kappa shape index (κ1) is 34.3. The summed E-state index contributed by atoms with van der Waals surface area (Å²) in [6, 6.07) is 6.74. The second kappa shape index (κ2) is 14.2. The number of benzene rings is 2. The summed E-state index contributed by atoms with van der Waals surface area (Å²) in [7, 11) is -2.91. The van der Waals surface area contributed by atoms with E-state index in [0.29, 0.717) is 0 Å². The largest absolute Gasteiger partial charge is 0.468 e. The number of amides is 2. The van der Waals surface area contributed by atoms with Gasteiger partial charge in [-0.3, -0.25) is 19.5 Å². The van der Waals surface area contributed by atoms with Crippen LogP contribution in [0, 0.1) is 0 Å². The number of piperidine rings is 1. The zero-order chi connectivity index (χ0) is 32.9. The van der Waals surface area contributed by atoms with E-state index >= 15 is 0 Å². The summed E-state index contributed by atoms with van der Waals surface area (Å²) in [6.07, 6.45) is -2.75. The molecule has 4 rings (SSSR count). The van der Waals surface area contributed by atoms with Crippen LogP contribution in [0.5, 0.6) is 5.75 Å². The van der Waals surface area contributed by atoms with Gasteiger partial charge in [0.2, 0.25) is 0 Å². The third-order valence-corrected chi connectivity index (χ3v) is 9.75. The molecule has 0 radical (unpaired) electrons. The molecule has 1 saturated heterocycles. The van der Waals surface area contributed by atoms with Crippen LogP contribution in [0.4, 0.5) is 18.9 Å². The Balaban J connectivity index is 1.42. The van der Waals surface area contributed by atoms with E-state index in [2.05, 4.69) is 25.9 Å². The van der Waals surface area contributed by atoms with Gasteiger partial charge in [-0.05, 0) is 56.2 Å². The number of H-pyrrole nitrogens is 1. The number of alkyl halides is 3. The van der Waals surface area contributed by atoms with Crippen molar-refractivity contribution in [1.82, 2.24) is 25.3 Å². The number of anilines is 1. The van der Waals surface area contributed by atoms with Crippen LogP contribution in [0.15, 0.2) is 48.7 Å². The van der Waals surface area contributed by atoms with Gasteiger partial charge in [0.1, 0.15) is 17.5 Å². The number of nitrogens with one attached hydrogen (secondary N) is 4.